The maximum atomic E-state index is 11.2. The highest BCUT2D eigenvalue weighted by Gasteiger charge is 2.14. The summed E-state index contributed by atoms with van der Waals surface area (Å²) in [4.78, 5) is 13.3. The third kappa shape index (κ3) is 4.57. The molecular weight excluding hydrogens is 214 g/mol. The lowest BCUT2D eigenvalue weighted by atomic mass is 10.1. The zero-order valence-corrected chi connectivity index (χ0v) is 11.1. The Hall–Kier alpha value is -1.35. The number of nitrogens with zero attached hydrogens (tertiary/aromatic N) is 1. The Morgan fingerprint density at radius 3 is 2.76 bits per heavy atom. The first-order valence-electron chi connectivity index (χ1n) is 5.85. The summed E-state index contributed by atoms with van der Waals surface area (Å²) in [6, 6.07) is 8.60. The first kappa shape index (κ1) is 13.7. The van der Waals surface area contributed by atoms with Gasteiger partial charge in [-0.05, 0) is 26.5 Å². The molecule has 1 unspecified atom stereocenters. The van der Waals surface area contributed by atoms with Gasteiger partial charge in [0.1, 0.15) is 0 Å². The van der Waals surface area contributed by atoms with Crippen LogP contribution in [0, 0.1) is 6.92 Å². The van der Waals surface area contributed by atoms with E-state index < -0.39 is 0 Å². The van der Waals surface area contributed by atoms with Crippen molar-refractivity contribution in [2.24, 2.45) is 0 Å². The lowest BCUT2D eigenvalue weighted by Gasteiger charge is -2.23. The van der Waals surface area contributed by atoms with E-state index in [0.717, 1.165) is 6.54 Å². The van der Waals surface area contributed by atoms with Crippen molar-refractivity contribution in [3.05, 3.63) is 35.4 Å². The van der Waals surface area contributed by atoms with Crippen LogP contribution in [-0.4, -0.2) is 31.1 Å². The van der Waals surface area contributed by atoms with E-state index in [1.54, 1.807) is 0 Å². The van der Waals surface area contributed by atoms with Crippen molar-refractivity contribution in [1.29, 1.82) is 0 Å². The molecule has 1 aromatic rings. The Bertz CT molecular complexity index is 376. The fourth-order valence-corrected chi connectivity index (χ4v) is 1.73. The van der Waals surface area contributed by atoms with Crippen molar-refractivity contribution in [1.82, 2.24) is 4.90 Å². The summed E-state index contributed by atoms with van der Waals surface area (Å²) >= 11 is 0. The standard InChI is InChI=1S/C14H21NO2/c1-11-6-5-7-13(8-11)10-15(3)12(2)9-14(16)17-4/h5-8,12H,9-10H2,1-4H3. The number of methoxy groups -OCH3 is 1. The molecule has 0 spiro atoms. The number of carbonyl (C=O) groups is 1. The Morgan fingerprint density at radius 1 is 1.47 bits per heavy atom. The highest BCUT2D eigenvalue weighted by atomic mass is 16.5. The molecule has 1 atom stereocenters. The number of esters is 1. The van der Waals surface area contributed by atoms with E-state index in [1.807, 2.05) is 14.0 Å². The molecule has 17 heavy (non-hydrogen) atoms. The van der Waals surface area contributed by atoms with E-state index in [4.69, 9.17) is 0 Å². The monoisotopic (exact) mass is 235 g/mol. The molecule has 0 amide bonds. The van der Waals surface area contributed by atoms with Crippen LogP contribution in [0.2, 0.25) is 0 Å². The second-order valence-corrected chi connectivity index (χ2v) is 4.53. The van der Waals surface area contributed by atoms with Crippen LogP contribution >= 0.6 is 0 Å². The zero-order chi connectivity index (χ0) is 12.8. The smallest absolute Gasteiger partial charge is 0.307 e. The van der Waals surface area contributed by atoms with Crippen molar-refractivity contribution in [3.8, 4) is 0 Å². The molecule has 0 aliphatic heterocycles. The fourth-order valence-electron chi connectivity index (χ4n) is 1.73. The number of hydrogen-bond acceptors (Lipinski definition) is 3. The van der Waals surface area contributed by atoms with E-state index in [1.165, 1.54) is 18.2 Å². The van der Waals surface area contributed by atoms with E-state index in [9.17, 15) is 4.79 Å². The Kier molecular flexibility index (Phi) is 5.16. The molecule has 0 bridgehead atoms. The van der Waals surface area contributed by atoms with Gasteiger partial charge in [0.05, 0.1) is 13.5 Å². The second kappa shape index (κ2) is 6.40. The first-order valence-corrected chi connectivity index (χ1v) is 5.85. The maximum Gasteiger partial charge on any atom is 0.307 e. The molecule has 0 N–H and O–H groups in total. The molecule has 0 heterocycles. The average Bonchev–Trinajstić information content (AvgIpc) is 2.28. The van der Waals surface area contributed by atoms with Crippen LogP contribution < -0.4 is 0 Å². The molecule has 0 saturated heterocycles. The van der Waals surface area contributed by atoms with Crippen molar-refractivity contribution in [3.63, 3.8) is 0 Å². The average molecular weight is 235 g/mol. The molecule has 1 aromatic carbocycles. The van der Waals surface area contributed by atoms with Crippen molar-refractivity contribution in [2.45, 2.75) is 32.9 Å². The summed E-state index contributed by atoms with van der Waals surface area (Å²) in [5.41, 5.74) is 2.53. The SMILES string of the molecule is COC(=O)CC(C)N(C)Cc1cccc(C)c1. The molecule has 0 aliphatic rings. The Labute approximate surface area is 103 Å². The third-order valence-electron chi connectivity index (χ3n) is 2.96. The molecule has 3 heteroatoms. The van der Waals surface area contributed by atoms with Gasteiger partial charge in [-0.1, -0.05) is 29.8 Å². The van der Waals surface area contributed by atoms with Crippen molar-refractivity contribution < 1.29 is 9.53 Å². The van der Waals surface area contributed by atoms with Gasteiger partial charge >= 0.3 is 5.97 Å². The first-order chi connectivity index (χ1) is 8.02. The van der Waals surface area contributed by atoms with E-state index in [-0.39, 0.29) is 12.0 Å². The van der Waals surface area contributed by atoms with Crippen molar-refractivity contribution in [2.75, 3.05) is 14.2 Å². The van der Waals surface area contributed by atoms with Gasteiger partial charge in [0.25, 0.3) is 0 Å². The number of aryl methyl sites for hydroxylation is 1. The number of benzene rings is 1. The van der Waals surface area contributed by atoms with Crippen molar-refractivity contribution >= 4 is 5.97 Å². The predicted octanol–water partition coefficient (Wildman–Crippen LogP) is 2.38. The van der Waals surface area contributed by atoms with Crippen LogP contribution in [0.1, 0.15) is 24.5 Å². The third-order valence-corrected chi connectivity index (χ3v) is 2.96. The number of carbonyl (C=O) groups excluding carboxylic acids is 1. The Balaban J connectivity index is 2.53. The molecule has 3 nitrogen and oxygen atoms in total. The second-order valence-electron chi connectivity index (χ2n) is 4.53. The molecule has 1 rings (SSSR count). The minimum atomic E-state index is -0.159. The molecular formula is C14H21NO2. The van der Waals surface area contributed by atoms with E-state index in [0.29, 0.717) is 6.42 Å². The maximum absolute atomic E-state index is 11.2. The van der Waals surface area contributed by atoms with Gasteiger partial charge in [-0.3, -0.25) is 9.69 Å². The van der Waals surface area contributed by atoms with Crippen LogP contribution in [-0.2, 0) is 16.1 Å². The molecule has 0 aromatic heterocycles. The minimum absolute atomic E-state index is 0.159. The highest BCUT2D eigenvalue weighted by molar-refractivity contribution is 5.69. The summed E-state index contributed by atoms with van der Waals surface area (Å²) in [5, 5.41) is 0. The molecule has 0 radical (unpaired) electrons. The van der Waals surface area contributed by atoms with Crippen LogP contribution in [0.4, 0.5) is 0 Å². The van der Waals surface area contributed by atoms with E-state index >= 15 is 0 Å². The van der Waals surface area contributed by atoms with Crippen LogP contribution in [0.25, 0.3) is 0 Å². The number of hydrogen-bond donors (Lipinski definition) is 0. The van der Waals surface area contributed by atoms with Crippen LogP contribution in [0.15, 0.2) is 24.3 Å². The Morgan fingerprint density at radius 2 is 2.18 bits per heavy atom. The van der Waals surface area contributed by atoms with Crippen LogP contribution in [0.3, 0.4) is 0 Å². The predicted molar refractivity (Wildman–Crippen MR) is 68.7 cm³/mol. The van der Waals surface area contributed by atoms with Gasteiger partial charge < -0.3 is 4.74 Å². The van der Waals surface area contributed by atoms with Gasteiger partial charge in [0, 0.05) is 12.6 Å². The summed E-state index contributed by atoms with van der Waals surface area (Å²) in [5.74, 6) is -0.159. The summed E-state index contributed by atoms with van der Waals surface area (Å²) in [6.07, 6.45) is 0.429. The lowest BCUT2D eigenvalue weighted by molar-refractivity contribution is -0.141. The molecule has 0 aliphatic carbocycles. The molecule has 0 fully saturated rings. The summed E-state index contributed by atoms with van der Waals surface area (Å²) in [7, 11) is 3.45. The van der Waals surface area contributed by atoms with Gasteiger partial charge in [-0.15, -0.1) is 0 Å². The van der Waals surface area contributed by atoms with Gasteiger partial charge in [-0.2, -0.15) is 0 Å². The highest BCUT2D eigenvalue weighted by Crippen LogP contribution is 2.10. The topological polar surface area (TPSA) is 29.5 Å². The van der Waals surface area contributed by atoms with Gasteiger partial charge in [-0.25, -0.2) is 0 Å². The fraction of sp³-hybridized carbons (Fsp3) is 0.500. The number of rotatable bonds is 5. The van der Waals surface area contributed by atoms with Gasteiger partial charge in [0.15, 0.2) is 0 Å². The minimum Gasteiger partial charge on any atom is -0.469 e. The van der Waals surface area contributed by atoms with Gasteiger partial charge in [0.2, 0.25) is 0 Å². The summed E-state index contributed by atoms with van der Waals surface area (Å²) in [6.45, 7) is 4.97. The number of ether oxygens (including phenoxy) is 1. The zero-order valence-electron chi connectivity index (χ0n) is 11.1. The van der Waals surface area contributed by atoms with E-state index in [2.05, 4.69) is 40.8 Å². The van der Waals surface area contributed by atoms with Crippen LogP contribution in [0.5, 0.6) is 0 Å². The normalized spacial score (nSPS) is 12.5. The lowest BCUT2D eigenvalue weighted by Crippen LogP contribution is -2.31. The summed E-state index contributed by atoms with van der Waals surface area (Å²) < 4.78 is 4.67. The molecule has 0 saturated carbocycles. The molecule has 94 valence electrons. The largest absolute Gasteiger partial charge is 0.469 e. The quantitative estimate of drug-likeness (QED) is 0.734.